The van der Waals surface area contributed by atoms with Crippen molar-refractivity contribution in [2.24, 2.45) is 0 Å². The number of anilines is 1. The third-order valence-corrected chi connectivity index (χ3v) is 4.56. The molecular weight excluding hydrogens is 332 g/mol. The topological polar surface area (TPSA) is 85.2 Å². The molecule has 1 atom stereocenters. The van der Waals surface area contributed by atoms with Crippen LogP contribution in [-0.2, 0) is 16.1 Å². The second-order valence-electron chi connectivity index (χ2n) is 6.55. The first-order valence-electron chi connectivity index (χ1n) is 8.74. The molecule has 0 saturated carbocycles. The summed E-state index contributed by atoms with van der Waals surface area (Å²) in [5, 5.41) is 10.2. The normalized spacial score (nSPS) is 16.0. The van der Waals surface area contributed by atoms with Crippen molar-refractivity contribution in [1.82, 2.24) is 15.1 Å². The fraction of sp³-hybridized carbons (Fsp3) is 0.421. The second-order valence-corrected chi connectivity index (χ2v) is 6.55. The van der Waals surface area contributed by atoms with Crippen molar-refractivity contribution in [2.45, 2.75) is 39.2 Å². The molecular formula is C19H24N4O3. The lowest BCUT2D eigenvalue weighted by molar-refractivity contribution is -0.126. The molecule has 2 N–H and O–H groups in total. The molecule has 26 heavy (non-hydrogen) atoms. The standard InChI is InChI=1S/C19H24N4O3/c1-12-9-13(2)23(22-12)8-4-7-20-19(25)16-11-18(24)21-17-6-5-14(26-3)10-15(16)17/h5-6,9-10,16H,4,7-8,11H2,1-3H3,(H,20,25)(H,21,24)/t16-/m0/s1. The van der Waals surface area contributed by atoms with E-state index in [-0.39, 0.29) is 18.2 Å². The van der Waals surface area contributed by atoms with Crippen LogP contribution in [0.5, 0.6) is 5.75 Å². The van der Waals surface area contributed by atoms with Crippen molar-refractivity contribution in [1.29, 1.82) is 0 Å². The molecule has 3 rings (SSSR count). The third kappa shape index (κ3) is 3.87. The van der Waals surface area contributed by atoms with E-state index >= 15 is 0 Å². The highest BCUT2D eigenvalue weighted by Gasteiger charge is 2.30. The summed E-state index contributed by atoms with van der Waals surface area (Å²) in [7, 11) is 1.58. The highest BCUT2D eigenvalue weighted by atomic mass is 16.5. The van der Waals surface area contributed by atoms with Gasteiger partial charge >= 0.3 is 0 Å². The average molecular weight is 356 g/mol. The summed E-state index contributed by atoms with van der Waals surface area (Å²) in [6, 6.07) is 7.39. The zero-order valence-electron chi connectivity index (χ0n) is 15.3. The number of hydrogen-bond acceptors (Lipinski definition) is 4. The van der Waals surface area contributed by atoms with Crippen molar-refractivity contribution in [3.63, 3.8) is 0 Å². The van der Waals surface area contributed by atoms with Crippen molar-refractivity contribution in [2.75, 3.05) is 19.0 Å². The molecule has 1 aromatic heterocycles. The number of aromatic nitrogens is 2. The zero-order chi connectivity index (χ0) is 18.7. The van der Waals surface area contributed by atoms with Gasteiger partial charge in [-0.25, -0.2) is 0 Å². The summed E-state index contributed by atoms with van der Waals surface area (Å²) in [6.07, 6.45) is 0.918. The number of rotatable bonds is 6. The minimum absolute atomic E-state index is 0.136. The number of nitrogens with zero attached hydrogens (tertiary/aromatic N) is 2. The van der Waals surface area contributed by atoms with Gasteiger partial charge in [0.2, 0.25) is 11.8 Å². The third-order valence-electron chi connectivity index (χ3n) is 4.56. The molecule has 138 valence electrons. The fourth-order valence-electron chi connectivity index (χ4n) is 3.27. The van der Waals surface area contributed by atoms with Gasteiger partial charge in [0.15, 0.2) is 0 Å². The maximum atomic E-state index is 12.6. The number of hydrogen-bond donors (Lipinski definition) is 2. The van der Waals surface area contributed by atoms with Gasteiger partial charge in [-0.3, -0.25) is 14.3 Å². The number of nitrogens with one attached hydrogen (secondary N) is 2. The van der Waals surface area contributed by atoms with Crippen LogP contribution >= 0.6 is 0 Å². The Morgan fingerprint density at radius 3 is 2.88 bits per heavy atom. The lowest BCUT2D eigenvalue weighted by Gasteiger charge is -2.25. The maximum absolute atomic E-state index is 12.6. The summed E-state index contributed by atoms with van der Waals surface area (Å²) in [5.41, 5.74) is 3.56. The van der Waals surface area contributed by atoms with Gasteiger partial charge in [-0.2, -0.15) is 5.10 Å². The number of amides is 2. The van der Waals surface area contributed by atoms with E-state index in [0.29, 0.717) is 18.0 Å². The van der Waals surface area contributed by atoms with Gasteiger partial charge in [0.25, 0.3) is 0 Å². The predicted molar refractivity (Wildman–Crippen MR) is 98.3 cm³/mol. The Labute approximate surface area is 152 Å². The number of carbonyl (C=O) groups is 2. The van der Waals surface area contributed by atoms with Crippen molar-refractivity contribution < 1.29 is 14.3 Å². The van der Waals surface area contributed by atoms with Gasteiger partial charge in [0, 0.05) is 30.9 Å². The number of fused-ring (bicyclic) bond motifs is 1. The van der Waals surface area contributed by atoms with Gasteiger partial charge < -0.3 is 15.4 Å². The fourth-order valence-corrected chi connectivity index (χ4v) is 3.27. The number of ether oxygens (including phenoxy) is 1. The summed E-state index contributed by atoms with van der Waals surface area (Å²) in [4.78, 5) is 24.5. The van der Waals surface area contributed by atoms with E-state index in [9.17, 15) is 9.59 Å². The Balaban J connectivity index is 1.61. The summed E-state index contributed by atoms with van der Waals surface area (Å²) in [6.45, 7) is 5.26. The van der Waals surface area contributed by atoms with E-state index in [4.69, 9.17) is 4.74 Å². The monoisotopic (exact) mass is 356 g/mol. The Bertz CT molecular complexity index is 828. The van der Waals surface area contributed by atoms with Crippen molar-refractivity contribution >= 4 is 17.5 Å². The first-order valence-corrected chi connectivity index (χ1v) is 8.74. The minimum Gasteiger partial charge on any atom is -0.497 e. The quantitative estimate of drug-likeness (QED) is 0.777. The van der Waals surface area contributed by atoms with E-state index in [1.165, 1.54) is 0 Å². The second kappa shape index (κ2) is 7.59. The Morgan fingerprint density at radius 2 is 2.19 bits per heavy atom. The van der Waals surface area contributed by atoms with Crippen LogP contribution in [0.2, 0.25) is 0 Å². The number of carbonyl (C=O) groups excluding carboxylic acids is 2. The van der Waals surface area contributed by atoms with Crippen LogP contribution in [0.25, 0.3) is 0 Å². The number of benzene rings is 1. The van der Waals surface area contributed by atoms with Gasteiger partial charge in [-0.05, 0) is 50.1 Å². The summed E-state index contributed by atoms with van der Waals surface area (Å²) < 4.78 is 7.18. The Morgan fingerprint density at radius 1 is 1.38 bits per heavy atom. The van der Waals surface area contributed by atoms with Crippen LogP contribution in [0.3, 0.4) is 0 Å². The highest BCUT2D eigenvalue weighted by Crippen LogP contribution is 2.34. The van der Waals surface area contributed by atoms with Crippen molar-refractivity contribution in [3.8, 4) is 5.75 Å². The molecule has 0 unspecified atom stereocenters. The largest absolute Gasteiger partial charge is 0.497 e. The molecule has 1 aromatic carbocycles. The first kappa shape index (κ1) is 18.0. The van der Waals surface area contributed by atoms with Crippen LogP contribution in [0, 0.1) is 13.8 Å². The Kier molecular flexibility index (Phi) is 5.25. The molecule has 7 nitrogen and oxygen atoms in total. The molecule has 1 aliphatic rings. The SMILES string of the molecule is COc1ccc2c(c1)[C@@H](C(=O)NCCCn1nc(C)cc1C)CC(=O)N2. The molecule has 1 aliphatic heterocycles. The molecule has 0 bridgehead atoms. The molecule has 2 heterocycles. The summed E-state index contributed by atoms with van der Waals surface area (Å²) in [5.74, 6) is -0.113. The first-order chi connectivity index (χ1) is 12.5. The highest BCUT2D eigenvalue weighted by molar-refractivity contribution is 6.01. The van der Waals surface area contributed by atoms with Gasteiger partial charge in [-0.1, -0.05) is 0 Å². The molecule has 0 radical (unpaired) electrons. The van der Waals surface area contributed by atoms with E-state index in [1.807, 2.05) is 30.7 Å². The van der Waals surface area contributed by atoms with Crippen LogP contribution in [0.15, 0.2) is 24.3 Å². The van der Waals surface area contributed by atoms with Gasteiger partial charge in [0.1, 0.15) is 5.75 Å². The lowest BCUT2D eigenvalue weighted by Crippen LogP contribution is -2.35. The van der Waals surface area contributed by atoms with E-state index < -0.39 is 5.92 Å². The summed E-state index contributed by atoms with van der Waals surface area (Å²) >= 11 is 0. The molecule has 0 saturated heterocycles. The number of aryl methyl sites for hydroxylation is 3. The molecule has 0 aliphatic carbocycles. The molecule has 2 aromatic rings. The number of methoxy groups -OCH3 is 1. The van der Waals surface area contributed by atoms with Gasteiger partial charge in [-0.15, -0.1) is 0 Å². The maximum Gasteiger partial charge on any atom is 0.228 e. The Hall–Kier alpha value is -2.83. The lowest BCUT2D eigenvalue weighted by atomic mass is 9.89. The van der Waals surface area contributed by atoms with E-state index in [0.717, 1.165) is 29.9 Å². The minimum atomic E-state index is -0.498. The zero-order valence-corrected chi connectivity index (χ0v) is 15.3. The molecule has 7 heteroatoms. The van der Waals surface area contributed by atoms with Crippen LogP contribution in [0.4, 0.5) is 5.69 Å². The molecule has 2 amide bonds. The molecule has 0 spiro atoms. The van der Waals surface area contributed by atoms with Crippen LogP contribution in [-0.4, -0.2) is 35.2 Å². The van der Waals surface area contributed by atoms with Gasteiger partial charge in [0.05, 0.1) is 18.7 Å². The molecule has 0 fully saturated rings. The van der Waals surface area contributed by atoms with Crippen LogP contribution in [0.1, 0.15) is 35.7 Å². The smallest absolute Gasteiger partial charge is 0.228 e. The average Bonchev–Trinajstić information content (AvgIpc) is 2.94. The van der Waals surface area contributed by atoms with E-state index in [2.05, 4.69) is 15.7 Å². The van der Waals surface area contributed by atoms with Crippen molar-refractivity contribution in [3.05, 3.63) is 41.2 Å². The van der Waals surface area contributed by atoms with Crippen LogP contribution < -0.4 is 15.4 Å². The van der Waals surface area contributed by atoms with E-state index in [1.54, 1.807) is 19.2 Å². The predicted octanol–water partition coefficient (Wildman–Crippen LogP) is 2.14.